The largest absolute Gasteiger partial charge is 0.350 e. The zero-order valence-electron chi connectivity index (χ0n) is 8.07. The maximum absolute atomic E-state index is 11.2. The molecule has 2 aromatic rings. The Labute approximate surface area is 91.0 Å². The van der Waals surface area contributed by atoms with E-state index in [0.717, 1.165) is 5.56 Å². The molecule has 0 spiro atoms. The lowest BCUT2D eigenvalue weighted by Gasteiger charge is -2.00. The number of hydrogen-bond donors (Lipinski definition) is 2. The third kappa shape index (κ3) is 1.87. The summed E-state index contributed by atoms with van der Waals surface area (Å²) in [6, 6.07) is 1.77. The van der Waals surface area contributed by atoms with Gasteiger partial charge in [-0.3, -0.25) is 9.78 Å². The number of aryl methyl sites for hydroxylation is 1. The third-order valence-electron chi connectivity index (χ3n) is 2.07. The van der Waals surface area contributed by atoms with Crippen molar-refractivity contribution in [2.75, 3.05) is 0 Å². The molecule has 2 N–H and O–H groups in total. The molecule has 0 saturated carbocycles. The zero-order chi connectivity index (χ0) is 10.8. The number of rotatable bonds is 1. The van der Waals surface area contributed by atoms with Gasteiger partial charge < -0.3 is 9.97 Å². The third-order valence-corrected chi connectivity index (χ3v) is 2.38. The first kappa shape index (κ1) is 9.79. The summed E-state index contributed by atoms with van der Waals surface area (Å²) in [5.41, 5.74) is 2.04. The fourth-order valence-electron chi connectivity index (χ4n) is 1.29. The molecule has 0 aliphatic heterocycles. The van der Waals surface area contributed by atoms with Gasteiger partial charge in [-0.25, -0.2) is 0 Å². The van der Waals surface area contributed by atoms with E-state index in [0.29, 0.717) is 15.9 Å². The minimum atomic E-state index is -0.0930. The Bertz CT molecular complexity index is 600. The molecule has 0 amide bonds. The lowest BCUT2D eigenvalue weighted by atomic mass is 10.2. The van der Waals surface area contributed by atoms with E-state index in [9.17, 15) is 4.79 Å². The standard InChI is InChI=1S/C10H9N3OS/c1-6-4-7(5-13-9(6)14)8-10(15)12-3-2-11-8/h2-5H,1H3,(H,12,15)(H,13,14). The van der Waals surface area contributed by atoms with Crippen molar-refractivity contribution in [2.45, 2.75) is 6.92 Å². The predicted octanol–water partition coefficient (Wildman–Crippen LogP) is 1.80. The van der Waals surface area contributed by atoms with E-state index in [-0.39, 0.29) is 5.56 Å². The van der Waals surface area contributed by atoms with E-state index >= 15 is 0 Å². The molecule has 2 rings (SSSR count). The Kier molecular flexibility index (Phi) is 2.47. The van der Waals surface area contributed by atoms with Crippen LogP contribution >= 0.6 is 12.2 Å². The molecule has 0 saturated heterocycles. The van der Waals surface area contributed by atoms with Gasteiger partial charge in [0.05, 0.1) is 0 Å². The highest BCUT2D eigenvalue weighted by Crippen LogP contribution is 2.15. The van der Waals surface area contributed by atoms with Crippen LogP contribution in [0.3, 0.4) is 0 Å². The molecule has 15 heavy (non-hydrogen) atoms. The topological polar surface area (TPSA) is 61.5 Å². The zero-order valence-corrected chi connectivity index (χ0v) is 8.89. The van der Waals surface area contributed by atoms with Crippen LogP contribution in [0.25, 0.3) is 11.3 Å². The number of hydrogen-bond acceptors (Lipinski definition) is 3. The Morgan fingerprint density at radius 3 is 2.87 bits per heavy atom. The molecule has 0 unspecified atom stereocenters. The summed E-state index contributed by atoms with van der Waals surface area (Å²) in [4.78, 5) is 20.9. The highest BCUT2D eigenvalue weighted by atomic mass is 32.1. The lowest BCUT2D eigenvalue weighted by Crippen LogP contribution is -2.08. The van der Waals surface area contributed by atoms with Crippen molar-refractivity contribution in [2.24, 2.45) is 0 Å². The summed E-state index contributed by atoms with van der Waals surface area (Å²) in [5.74, 6) is 0. The van der Waals surface area contributed by atoms with E-state index in [1.54, 1.807) is 31.6 Å². The maximum atomic E-state index is 11.2. The summed E-state index contributed by atoms with van der Waals surface area (Å²) >= 11 is 5.10. The smallest absolute Gasteiger partial charge is 0.250 e. The monoisotopic (exact) mass is 219 g/mol. The average Bonchev–Trinajstić information content (AvgIpc) is 2.23. The van der Waals surface area contributed by atoms with Crippen molar-refractivity contribution in [1.29, 1.82) is 0 Å². The number of nitrogens with zero attached hydrogens (tertiary/aromatic N) is 1. The van der Waals surface area contributed by atoms with Crippen LogP contribution in [0.15, 0.2) is 29.5 Å². The van der Waals surface area contributed by atoms with Crippen LogP contribution in [0.4, 0.5) is 0 Å². The van der Waals surface area contributed by atoms with Crippen LogP contribution in [-0.2, 0) is 0 Å². The molecule has 0 atom stereocenters. The molecule has 0 aromatic carbocycles. The van der Waals surface area contributed by atoms with Crippen LogP contribution in [0.5, 0.6) is 0 Å². The second-order valence-electron chi connectivity index (χ2n) is 3.17. The number of aromatic nitrogens is 3. The molecule has 5 heteroatoms. The number of aromatic amines is 2. The minimum absolute atomic E-state index is 0.0930. The lowest BCUT2D eigenvalue weighted by molar-refractivity contribution is 1.15. The molecule has 0 bridgehead atoms. The first-order valence-electron chi connectivity index (χ1n) is 4.42. The van der Waals surface area contributed by atoms with Gasteiger partial charge >= 0.3 is 0 Å². The van der Waals surface area contributed by atoms with Gasteiger partial charge in [0.15, 0.2) is 0 Å². The molecule has 0 fully saturated rings. The molecular weight excluding hydrogens is 210 g/mol. The fraction of sp³-hybridized carbons (Fsp3) is 0.100. The summed E-state index contributed by atoms with van der Waals surface area (Å²) in [6.45, 7) is 1.75. The molecule has 76 valence electrons. The number of pyridine rings is 1. The van der Waals surface area contributed by atoms with Crippen molar-refractivity contribution in [1.82, 2.24) is 15.0 Å². The first-order chi connectivity index (χ1) is 7.18. The summed E-state index contributed by atoms with van der Waals surface area (Å²) in [6.07, 6.45) is 4.91. The van der Waals surface area contributed by atoms with Gasteiger partial charge in [-0.2, -0.15) is 0 Å². The Balaban J connectivity index is 2.65. The van der Waals surface area contributed by atoms with E-state index in [2.05, 4.69) is 15.0 Å². The van der Waals surface area contributed by atoms with Crippen molar-refractivity contribution >= 4 is 12.2 Å². The molecule has 0 aliphatic rings. The molecule has 2 heterocycles. The molecule has 2 aromatic heterocycles. The van der Waals surface area contributed by atoms with Gasteiger partial charge in [0, 0.05) is 29.7 Å². The first-order valence-corrected chi connectivity index (χ1v) is 4.83. The van der Waals surface area contributed by atoms with Gasteiger partial charge in [-0.05, 0) is 13.0 Å². The Morgan fingerprint density at radius 1 is 1.40 bits per heavy atom. The van der Waals surface area contributed by atoms with Gasteiger partial charge in [0.1, 0.15) is 10.3 Å². The van der Waals surface area contributed by atoms with Crippen LogP contribution in [0, 0.1) is 11.6 Å². The molecule has 4 nitrogen and oxygen atoms in total. The van der Waals surface area contributed by atoms with E-state index < -0.39 is 0 Å². The van der Waals surface area contributed by atoms with Gasteiger partial charge in [0.25, 0.3) is 5.56 Å². The van der Waals surface area contributed by atoms with Crippen molar-refractivity contribution in [3.63, 3.8) is 0 Å². The number of nitrogens with one attached hydrogen (secondary N) is 2. The van der Waals surface area contributed by atoms with Crippen molar-refractivity contribution in [3.05, 3.63) is 45.2 Å². The number of H-pyrrole nitrogens is 2. The van der Waals surface area contributed by atoms with Crippen molar-refractivity contribution in [3.8, 4) is 11.3 Å². The fourth-order valence-corrected chi connectivity index (χ4v) is 1.53. The summed E-state index contributed by atoms with van der Waals surface area (Å²) in [7, 11) is 0. The highest BCUT2D eigenvalue weighted by molar-refractivity contribution is 7.71. The SMILES string of the molecule is Cc1cc(-c2ncc[nH]c2=S)c[nH]c1=O. The summed E-state index contributed by atoms with van der Waals surface area (Å²) < 4.78 is 0.559. The van der Waals surface area contributed by atoms with Crippen LogP contribution in [0.1, 0.15) is 5.56 Å². The summed E-state index contributed by atoms with van der Waals surface area (Å²) in [5, 5.41) is 0. The maximum Gasteiger partial charge on any atom is 0.250 e. The van der Waals surface area contributed by atoms with Crippen molar-refractivity contribution < 1.29 is 0 Å². The molecule has 0 aliphatic carbocycles. The van der Waals surface area contributed by atoms with Gasteiger partial charge in [0.2, 0.25) is 0 Å². The minimum Gasteiger partial charge on any atom is -0.350 e. The normalized spacial score (nSPS) is 10.2. The Hall–Kier alpha value is -1.75. The second kappa shape index (κ2) is 3.78. The van der Waals surface area contributed by atoms with Crippen LogP contribution in [0.2, 0.25) is 0 Å². The second-order valence-corrected chi connectivity index (χ2v) is 3.58. The van der Waals surface area contributed by atoms with Crippen LogP contribution in [-0.4, -0.2) is 15.0 Å². The molecular formula is C10H9N3OS. The highest BCUT2D eigenvalue weighted by Gasteiger charge is 2.02. The van der Waals surface area contributed by atoms with E-state index in [4.69, 9.17) is 12.2 Å². The quantitative estimate of drug-likeness (QED) is 0.719. The predicted molar refractivity (Wildman–Crippen MR) is 60.2 cm³/mol. The average molecular weight is 219 g/mol. The van der Waals surface area contributed by atoms with Gasteiger partial charge in [-0.15, -0.1) is 0 Å². The Morgan fingerprint density at radius 2 is 2.20 bits per heavy atom. The van der Waals surface area contributed by atoms with Crippen LogP contribution < -0.4 is 5.56 Å². The molecule has 0 radical (unpaired) electrons. The van der Waals surface area contributed by atoms with Gasteiger partial charge in [-0.1, -0.05) is 12.2 Å². The van der Waals surface area contributed by atoms with E-state index in [1.165, 1.54) is 0 Å². The van der Waals surface area contributed by atoms with E-state index in [1.807, 2.05) is 0 Å².